The van der Waals surface area contributed by atoms with E-state index in [-0.39, 0.29) is 12.2 Å². The predicted octanol–water partition coefficient (Wildman–Crippen LogP) is 0.122. The fourth-order valence-electron chi connectivity index (χ4n) is 1.46. The number of hydrogen-bond acceptors (Lipinski definition) is 5. The van der Waals surface area contributed by atoms with E-state index in [9.17, 15) is 9.59 Å². The van der Waals surface area contributed by atoms with Crippen molar-refractivity contribution in [2.75, 3.05) is 18.0 Å². The van der Waals surface area contributed by atoms with Crippen LogP contribution in [-0.2, 0) is 4.79 Å². The number of primary amides is 1. The van der Waals surface area contributed by atoms with Crippen molar-refractivity contribution in [2.45, 2.75) is 13.8 Å². The molecule has 7 heteroatoms. The van der Waals surface area contributed by atoms with Crippen molar-refractivity contribution in [1.82, 2.24) is 9.97 Å². The summed E-state index contributed by atoms with van der Waals surface area (Å²) in [4.78, 5) is 31.0. The van der Waals surface area contributed by atoms with E-state index in [0.29, 0.717) is 18.3 Å². The second-order valence-corrected chi connectivity index (χ2v) is 4.31. The second-order valence-electron chi connectivity index (χ2n) is 4.31. The van der Waals surface area contributed by atoms with Gasteiger partial charge in [-0.15, -0.1) is 0 Å². The van der Waals surface area contributed by atoms with Crippen molar-refractivity contribution in [1.29, 1.82) is 0 Å². The Morgan fingerprint density at radius 1 is 1.39 bits per heavy atom. The predicted molar refractivity (Wildman–Crippen MR) is 65.2 cm³/mol. The second kappa shape index (κ2) is 5.95. The number of carboxylic acid groups (broad SMARTS) is 1. The van der Waals surface area contributed by atoms with E-state index in [2.05, 4.69) is 9.97 Å². The summed E-state index contributed by atoms with van der Waals surface area (Å²) in [6.45, 7) is 4.60. The number of aromatic nitrogens is 2. The molecule has 0 saturated carbocycles. The molecule has 0 atom stereocenters. The van der Waals surface area contributed by atoms with Crippen LogP contribution in [0.15, 0.2) is 12.4 Å². The van der Waals surface area contributed by atoms with Crippen LogP contribution in [0.4, 0.5) is 5.82 Å². The highest BCUT2D eigenvalue weighted by atomic mass is 16.4. The van der Waals surface area contributed by atoms with Gasteiger partial charge in [-0.1, -0.05) is 13.8 Å². The lowest BCUT2D eigenvalue weighted by Gasteiger charge is -2.23. The van der Waals surface area contributed by atoms with Gasteiger partial charge in [-0.3, -0.25) is 4.79 Å². The monoisotopic (exact) mass is 252 g/mol. The molecular formula is C11H16N4O3. The Bertz CT molecular complexity index is 430. The van der Waals surface area contributed by atoms with Crippen LogP contribution in [0.5, 0.6) is 0 Å². The number of carboxylic acids is 1. The Morgan fingerprint density at radius 2 is 2.06 bits per heavy atom. The van der Waals surface area contributed by atoms with E-state index >= 15 is 0 Å². The van der Waals surface area contributed by atoms with Crippen LogP contribution >= 0.6 is 0 Å². The Morgan fingerprint density at radius 3 is 2.44 bits per heavy atom. The van der Waals surface area contributed by atoms with Gasteiger partial charge in [0.1, 0.15) is 5.82 Å². The highest BCUT2D eigenvalue weighted by Gasteiger charge is 2.14. The van der Waals surface area contributed by atoms with Gasteiger partial charge in [-0.25, -0.2) is 14.8 Å². The Balaban J connectivity index is 2.90. The van der Waals surface area contributed by atoms with Gasteiger partial charge in [0.2, 0.25) is 5.91 Å². The third-order valence-electron chi connectivity index (χ3n) is 2.11. The zero-order chi connectivity index (χ0) is 13.7. The fraction of sp³-hybridized carbons (Fsp3) is 0.455. The lowest BCUT2D eigenvalue weighted by Crippen LogP contribution is -2.36. The van der Waals surface area contributed by atoms with Gasteiger partial charge in [0, 0.05) is 6.54 Å². The topological polar surface area (TPSA) is 109 Å². The molecule has 0 aliphatic rings. The van der Waals surface area contributed by atoms with Gasteiger partial charge in [0.05, 0.1) is 18.9 Å². The smallest absolute Gasteiger partial charge is 0.356 e. The van der Waals surface area contributed by atoms with Crippen molar-refractivity contribution in [2.24, 2.45) is 11.7 Å². The molecule has 0 bridgehead atoms. The fourth-order valence-corrected chi connectivity index (χ4v) is 1.46. The van der Waals surface area contributed by atoms with Crippen molar-refractivity contribution in [3.63, 3.8) is 0 Å². The molecule has 1 aromatic rings. The number of rotatable bonds is 6. The Labute approximate surface area is 105 Å². The minimum atomic E-state index is -1.14. The first kappa shape index (κ1) is 13.9. The first-order chi connectivity index (χ1) is 8.40. The molecule has 1 amide bonds. The highest BCUT2D eigenvalue weighted by Crippen LogP contribution is 2.11. The van der Waals surface area contributed by atoms with Gasteiger partial charge in [-0.2, -0.15) is 0 Å². The maximum atomic E-state index is 11.0. The zero-order valence-corrected chi connectivity index (χ0v) is 10.3. The van der Waals surface area contributed by atoms with E-state index in [1.807, 2.05) is 13.8 Å². The summed E-state index contributed by atoms with van der Waals surface area (Å²) in [5, 5.41) is 8.71. The van der Waals surface area contributed by atoms with Crippen LogP contribution in [0.3, 0.4) is 0 Å². The molecule has 1 heterocycles. The zero-order valence-electron chi connectivity index (χ0n) is 10.3. The molecule has 0 aliphatic carbocycles. The lowest BCUT2D eigenvalue weighted by atomic mass is 10.2. The number of nitrogens with zero attached hydrogens (tertiary/aromatic N) is 3. The Kier molecular flexibility index (Phi) is 4.59. The summed E-state index contributed by atoms with van der Waals surface area (Å²) in [6, 6.07) is 0. The third-order valence-corrected chi connectivity index (χ3v) is 2.11. The number of hydrogen-bond donors (Lipinski definition) is 2. The number of anilines is 1. The summed E-state index contributed by atoms with van der Waals surface area (Å²) in [5.74, 6) is -0.864. The molecule has 1 rings (SSSR count). The number of aromatic carboxylic acids is 1. The molecular weight excluding hydrogens is 236 g/mol. The molecule has 0 fully saturated rings. The maximum absolute atomic E-state index is 11.0. The summed E-state index contributed by atoms with van der Waals surface area (Å²) < 4.78 is 0. The summed E-state index contributed by atoms with van der Waals surface area (Å²) in [5.41, 5.74) is 5.02. The van der Waals surface area contributed by atoms with Gasteiger partial charge in [0.25, 0.3) is 0 Å². The van der Waals surface area contributed by atoms with E-state index in [1.165, 1.54) is 6.20 Å². The summed E-state index contributed by atoms with van der Waals surface area (Å²) >= 11 is 0. The van der Waals surface area contributed by atoms with E-state index in [4.69, 9.17) is 10.8 Å². The average Bonchev–Trinajstić information content (AvgIpc) is 2.27. The average molecular weight is 252 g/mol. The molecule has 0 aromatic carbocycles. The molecule has 1 aromatic heterocycles. The molecule has 0 radical (unpaired) electrons. The quantitative estimate of drug-likeness (QED) is 0.744. The van der Waals surface area contributed by atoms with Gasteiger partial charge in [-0.05, 0) is 5.92 Å². The standard InChI is InChI=1S/C11H16N4O3/c1-7(2)5-15(6-9(12)16)10-4-13-8(3-14-10)11(17)18/h3-4,7H,5-6H2,1-2H3,(H2,12,16)(H,17,18). The number of nitrogens with two attached hydrogens (primary N) is 1. The molecule has 3 N–H and O–H groups in total. The van der Waals surface area contributed by atoms with Gasteiger partial charge in [0.15, 0.2) is 5.69 Å². The largest absolute Gasteiger partial charge is 0.476 e. The Hall–Kier alpha value is -2.18. The van der Waals surface area contributed by atoms with Crippen LogP contribution in [0.25, 0.3) is 0 Å². The van der Waals surface area contributed by atoms with Crippen LogP contribution in [0, 0.1) is 5.92 Å². The van der Waals surface area contributed by atoms with Crippen molar-refractivity contribution >= 4 is 17.7 Å². The molecule has 0 saturated heterocycles. The van der Waals surface area contributed by atoms with Crippen molar-refractivity contribution in [3.8, 4) is 0 Å². The van der Waals surface area contributed by atoms with Crippen LogP contribution < -0.4 is 10.6 Å². The molecule has 0 spiro atoms. The molecule has 0 aliphatic heterocycles. The number of carbonyl (C=O) groups excluding carboxylic acids is 1. The molecule has 18 heavy (non-hydrogen) atoms. The van der Waals surface area contributed by atoms with Crippen LogP contribution in [0.2, 0.25) is 0 Å². The van der Waals surface area contributed by atoms with Crippen molar-refractivity contribution in [3.05, 3.63) is 18.1 Å². The number of amides is 1. The maximum Gasteiger partial charge on any atom is 0.356 e. The first-order valence-electron chi connectivity index (χ1n) is 5.48. The minimum absolute atomic E-state index is 0.0271. The number of carbonyl (C=O) groups is 2. The van der Waals surface area contributed by atoms with E-state index in [1.54, 1.807) is 4.90 Å². The first-order valence-corrected chi connectivity index (χ1v) is 5.48. The van der Waals surface area contributed by atoms with E-state index < -0.39 is 11.9 Å². The summed E-state index contributed by atoms with van der Waals surface area (Å²) in [7, 11) is 0. The third kappa shape index (κ3) is 4.00. The van der Waals surface area contributed by atoms with Crippen LogP contribution in [-0.4, -0.2) is 40.0 Å². The molecule has 7 nitrogen and oxygen atoms in total. The summed E-state index contributed by atoms with van der Waals surface area (Å²) in [6.07, 6.45) is 2.49. The lowest BCUT2D eigenvalue weighted by molar-refractivity contribution is -0.116. The minimum Gasteiger partial charge on any atom is -0.476 e. The highest BCUT2D eigenvalue weighted by molar-refractivity contribution is 5.85. The van der Waals surface area contributed by atoms with Crippen LogP contribution in [0.1, 0.15) is 24.3 Å². The van der Waals surface area contributed by atoms with E-state index in [0.717, 1.165) is 6.20 Å². The van der Waals surface area contributed by atoms with Gasteiger partial charge < -0.3 is 15.7 Å². The molecule has 98 valence electrons. The normalized spacial score (nSPS) is 10.4. The van der Waals surface area contributed by atoms with Gasteiger partial charge >= 0.3 is 5.97 Å². The molecule has 0 unspecified atom stereocenters. The van der Waals surface area contributed by atoms with Crippen molar-refractivity contribution < 1.29 is 14.7 Å². The SMILES string of the molecule is CC(C)CN(CC(N)=O)c1cnc(C(=O)O)cn1.